The molecule has 0 atom stereocenters. The summed E-state index contributed by atoms with van der Waals surface area (Å²) in [6, 6.07) is 7.55. The van der Waals surface area contributed by atoms with Crippen LogP contribution in [0.1, 0.15) is 24.3 Å². The maximum Gasteiger partial charge on any atom is 0.355 e. The molecule has 0 saturated carbocycles. The van der Waals surface area contributed by atoms with Crippen LogP contribution in [0.2, 0.25) is 0 Å². The first-order chi connectivity index (χ1) is 9.08. The number of ether oxygens (including phenoxy) is 1. The molecule has 1 heterocycles. The smallest absolute Gasteiger partial charge is 0.355 e. The van der Waals surface area contributed by atoms with E-state index in [2.05, 4.69) is 18.8 Å². The molecule has 0 aliphatic heterocycles. The molecule has 19 heavy (non-hydrogen) atoms. The zero-order valence-corrected chi connectivity index (χ0v) is 11.6. The van der Waals surface area contributed by atoms with Gasteiger partial charge in [0.2, 0.25) is 0 Å². The number of carboxylic acid groups (broad SMARTS) is 1. The van der Waals surface area contributed by atoms with Gasteiger partial charge in [0.25, 0.3) is 0 Å². The summed E-state index contributed by atoms with van der Waals surface area (Å²) in [4.78, 5) is 15.0. The lowest BCUT2D eigenvalue weighted by Crippen LogP contribution is -2.05. The van der Waals surface area contributed by atoms with E-state index in [9.17, 15) is 4.79 Å². The average molecular weight is 277 g/mol. The van der Waals surface area contributed by atoms with Crippen LogP contribution in [-0.4, -0.2) is 22.7 Å². The fourth-order valence-electron chi connectivity index (χ4n) is 1.52. The van der Waals surface area contributed by atoms with Crippen molar-refractivity contribution in [3.05, 3.63) is 35.3 Å². The van der Waals surface area contributed by atoms with Crippen molar-refractivity contribution in [2.24, 2.45) is 5.92 Å². The zero-order chi connectivity index (χ0) is 13.8. The quantitative estimate of drug-likeness (QED) is 0.908. The molecule has 0 spiro atoms. The fourth-order valence-corrected chi connectivity index (χ4v) is 2.34. The van der Waals surface area contributed by atoms with Crippen LogP contribution >= 0.6 is 11.3 Å². The highest BCUT2D eigenvalue weighted by molar-refractivity contribution is 7.13. The molecule has 2 rings (SSSR count). The van der Waals surface area contributed by atoms with Gasteiger partial charge in [0, 0.05) is 5.38 Å². The Bertz CT molecular complexity index is 578. The third-order valence-corrected chi connectivity index (χ3v) is 3.29. The molecule has 0 aliphatic carbocycles. The SMILES string of the molecule is CC(C)COc1ccccc1-c1nc(C(=O)O)cs1. The lowest BCUT2D eigenvalue weighted by Gasteiger charge is -2.11. The van der Waals surface area contributed by atoms with E-state index >= 15 is 0 Å². The van der Waals surface area contributed by atoms with Gasteiger partial charge in [-0.25, -0.2) is 9.78 Å². The number of aromatic nitrogens is 1. The number of thiazole rings is 1. The summed E-state index contributed by atoms with van der Waals surface area (Å²) in [6.45, 7) is 4.78. The van der Waals surface area contributed by atoms with Gasteiger partial charge < -0.3 is 9.84 Å². The van der Waals surface area contributed by atoms with Crippen LogP contribution in [0.5, 0.6) is 5.75 Å². The second-order valence-corrected chi connectivity index (χ2v) is 5.40. The lowest BCUT2D eigenvalue weighted by molar-refractivity contribution is 0.0691. The van der Waals surface area contributed by atoms with Crippen LogP contribution < -0.4 is 4.74 Å². The molecule has 2 aromatic rings. The largest absolute Gasteiger partial charge is 0.493 e. The standard InChI is InChI=1S/C14H15NO3S/c1-9(2)7-18-12-6-4-3-5-10(12)13-15-11(8-19-13)14(16)17/h3-6,8-9H,7H2,1-2H3,(H,16,17). The first-order valence-corrected chi connectivity index (χ1v) is 6.87. The zero-order valence-electron chi connectivity index (χ0n) is 10.8. The molecular weight excluding hydrogens is 262 g/mol. The molecular formula is C14H15NO3S. The summed E-state index contributed by atoms with van der Waals surface area (Å²) >= 11 is 1.31. The number of aromatic carboxylic acids is 1. The van der Waals surface area contributed by atoms with Crippen LogP contribution in [0.3, 0.4) is 0 Å². The number of benzene rings is 1. The summed E-state index contributed by atoms with van der Waals surface area (Å²) in [5, 5.41) is 11.1. The predicted octanol–water partition coefficient (Wildman–Crippen LogP) is 3.54. The van der Waals surface area contributed by atoms with Gasteiger partial charge in [-0.1, -0.05) is 26.0 Å². The summed E-state index contributed by atoms with van der Waals surface area (Å²) < 4.78 is 5.74. The molecule has 1 aromatic carbocycles. The number of hydrogen-bond acceptors (Lipinski definition) is 4. The van der Waals surface area contributed by atoms with E-state index in [4.69, 9.17) is 9.84 Å². The van der Waals surface area contributed by atoms with Crippen molar-refractivity contribution >= 4 is 17.3 Å². The summed E-state index contributed by atoms with van der Waals surface area (Å²) in [5.74, 6) is 0.157. The van der Waals surface area contributed by atoms with Gasteiger partial charge in [-0.2, -0.15) is 0 Å². The molecule has 0 amide bonds. The number of nitrogens with zero attached hydrogens (tertiary/aromatic N) is 1. The predicted molar refractivity (Wildman–Crippen MR) is 74.8 cm³/mol. The molecule has 0 radical (unpaired) electrons. The van der Waals surface area contributed by atoms with Crippen LogP contribution in [0.4, 0.5) is 0 Å². The molecule has 0 bridgehead atoms. The maximum atomic E-state index is 10.9. The molecule has 1 aromatic heterocycles. The minimum Gasteiger partial charge on any atom is -0.493 e. The van der Waals surface area contributed by atoms with E-state index in [0.29, 0.717) is 17.5 Å². The maximum absolute atomic E-state index is 10.9. The molecule has 5 heteroatoms. The summed E-state index contributed by atoms with van der Waals surface area (Å²) in [7, 11) is 0. The van der Waals surface area contributed by atoms with Gasteiger partial charge in [0.1, 0.15) is 10.8 Å². The van der Waals surface area contributed by atoms with Crippen molar-refractivity contribution in [1.82, 2.24) is 4.98 Å². The number of hydrogen-bond donors (Lipinski definition) is 1. The third-order valence-electron chi connectivity index (χ3n) is 2.41. The van der Waals surface area contributed by atoms with Gasteiger partial charge in [0.05, 0.1) is 12.2 Å². The number of rotatable bonds is 5. The Morgan fingerprint density at radius 3 is 2.79 bits per heavy atom. The second kappa shape index (κ2) is 5.84. The van der Waals surface area contributed by atoms with Crippen molar-refractivity contribution in [2.45, 2.75) is 13.8 Å². The monoisotopic (exact) mass is 277 g/mol. The van der Waals surface area contributed by atoms with Crippen LogP contribution in [0.25, 0.3) is 10.6 Å². The molecule has 100 valence electrons. The van der Waals surface area contributed by atoms with E-state index in [1.54, 1.807) is 0 Å². The van der Waals surface area contributed by atoms with Crippen LogP contribution in [0, 0.1) is 5.92 Å². The summed E-state index contributed by atoms with van der Waals surface area (Å²) in [6.07, 6.45) is 0. The molecule has 0 aliphatic rings. The Labute approximate surface area is 115 Å². The molecule has 0 fully saturated rings. The molecule has 4 nitrogen and oxygen atoms in total. The van der Waals surface area contributed by atoms with Gasteiger partial charge in [-0.05, 0) is 18.1 Å². The van der Waals surface area contributed by atoms with E-state index in [1.165, 1.54) is 16.7 Å². The van der Waals surface area contributed by atoms with Crippen LogP contribution in [0.15, 0.2) is 29.6 Å². The minimum atomic E-state index is -1.01. The Balaban J connectivity index is 2.30. The Kier molecular flexibility index (Phi) is 4.16. The van der Waals surface area contributed by atoms with E-state index in [1.807, 2.05) is 24.3 Å². The van der Waals surface area contributed by atoms with Crippen molar-refractivity contribution in [1.29, 1.82) is 0 Å². The minimum absolute atomic E-state index is 0.0682. The van der Waals surface area contributed by atoms with Gasteiger partial charge in [-0.3, -0.25) is 0 Å². The number of carboxylic acids is 1. The van der Waals surface area contributed by atoms with E-state index in [-0.39, 0.29) is 5.69 Å². The molecule has 0 saturated heterocycles. The fraction of sp³-hybridized carbons (Fsp3) is 0.286. The van der Waals surface area contributed by atoms with Crippen molar-refractivity contribution in [3.63, 3.8) is 0 Å². The topological polar surface area (TPSA) is 59.4 Å². The number of para-hydroxylation sites is 1. The first kappa shape index (κ1) is 13.5. The first-order valence-electron chi connectivity index (χ1n) is 5.99. The van der Waals surface area contributed by atoms with Crippen LogP contribution in [-0.2, 0) is 0 Å². The highest BCUT2D eigenvalue weighted by Crippen LogP contribution is 2.32. The van der Waals surface area contributed by atoms with Crippen molar-refractivity contribution < 1.29 is 14.6 Å². The van der Waals surface area contributed by atoms with Crippen molar-refractivity contribution in [2.75, 3.05) is 6.61 Å². The Hall–Kier alpha value is -1.88. The average Bonchev–Trinajstić information content (AvgIpc) is 2.86. The highest BCUT2D eigenvalue weighted by atomic mass is 32.1. The van der Waals surface area contributed by atoms with E-state index in [0.717, 1.165) is 11.3 Å². The Morgan fingerprint density at radius 1 is 1.42 bits per heavy atom. The normalized spacial score (nSPS) is 10.7. The Morgan fingerprint density at radius 2 is 2.16 bits per heavy atom. The second-order valence-electron chi connectivity index (χ2n) is 4.54. The van der Waals surface area contributed by atoms with Gasteiger partial charge in [-0.15, -0.1) is 11.3 Å². The van der Waals surface area contributed by atoms with Gasteiger partial charge >= 0.3 is 5.97 Å². The van der Waals surface area contributed by atoms with Gasteiger partial charge in [0.15, 0.2) is 5.69 Å². The number of carbonyl (C=O) groups is 1. The molecule has 0 unspecified atom stereocenters. The lowest BCUT2D eigenvalue weighted by atomic mass is 10.2. The van der Waals surface area contributed by atoms with E-state index < -0.39 is 5.97 Å². The molecule has 1 N–H and O–H groups in total. The highest BCUT2D eigenvalue weighted by Gasteiger charge is 2.13. The third kappa shape index (κ3) is 3.32. The van der Waals surface area contributed by atoms with Crippen molar-refractivity contribution in [3.8, 4) is 16.3 Å². The summed E-state index contributed by atoms with van der Waals surface area (Å²) in [5.41, 5.74) is 0.902.